The summed E-state index contributed by atoms with van der Waals surface area (Å²) in [6.45, 7) is 7.70. The third-order valence-corrected chi connectivity index (χ3v) is 3.10. The molecule has 0 aliphatic rings. The van der Waals surface area contributed by atoms with Crippen LogP contribution in [0, 0.1) is 5.92 Å². The molecule has 1 unspecified atom stereocenters. The van der Waals surface area contributed by atoms with Crippen LogP contribution in [0.2, 0.25) is 0 Å². The van der Waals surface area contributed by atoms with E-state index in [2.05, 4.69) is 19.2 Å². The predicted octanol–water partition coefficient (Wildman–Crippen LogP) is 4.44. The van der Waals surface area contributed by atoms with Crippen LogP contribution in [0.15, 0.2) is 24.3 Å². The van der Waals surface area contributed by atoms with Crippen LogP contribution < -0.4 is 5.32 Å². The Hall–Kier alpha value is -1.03. The molecule has 1 atom stereocenters. The van der Waals surface area contributed by atoms with Crippen molar-refractivity contribution < 1.29 is 13.2 Å². The first-order valence-corrected chi connectivity index (χ1v) is 6.69. The fourth-order valence-electron chi connectivity index (χ4n) is 2.05. The lowest BCUT2D eigenvalue weighted by atomic mass is 9.93. The fourth-order valence-corrected chi connectivity index (χ4v) is 2.05. The second-order valence-corrected chi connectivity index (χ2v) is 5.37. The smallest absolute Gasteiger partial charge is 0.316 e. The number of nitrogens with one attached hydrogen (secondary N) is 1. The monoisotopic (exact) mass is 273 g/mol. The van der Waals surface area contributed by atoms with Gasteiger partial charge in [0, 0.05) is 0 Å². The van der Waals surface area contributed by atoms with Crippen LogP contribution >= 0.6 is 0 Å². The first-order valence-electron chi connectivity index (χ1n) is 6.69. The van der Waals surface area contributed by atoms with Crippen molar-refractivity contribution in [1.29, 1.82) is 0 Å². The Bertz CT molecular complexity index is 385. The summed E-state index contributed by atoms with van der Waals surface area (Å²) in [6.07, 6.45) is -3.56. The van der Waals surface area contributed by atoms with E-state index in [1.165, 1.54) is 6.07 Å². The van der Waals surface area contributed by atoms with E-state index in [1.54, 1.807) is 12.1 Å². The first kappa shape index (κ1) is 16.0. The zero-order valence-electron chi connectivity index (χ0n) is 11.7. The van der Waals surface area contributed by atoms with Gasteiger partial charge in [0.1, 0.15) is 0 Å². The summed E-state index contributed by atoms with van der Waals surface area (Å²) in [6, 6.07) is 5.85. The second kappa shape index (κ2) is 6.94. The largest absolute Gasteiger partial charge is 0.416 e. The number of hydrogen-bond acceptors (Lipinski definition) is 1. The normalized spacial score (nSPS) is 13.8. The van der Waals surface area contributed by atoms with Gasteiger partial charge in [0.25, 0.3) is 0 Å². The number of rotatable bonds is 6. The van der Waals surface area contributed by atoms with Crippen molar-refractivity contribution >= 4 is 0 Å². The molecule has 0 saturated heterocycles. The van der Waals surface area contributed by atoms with Gasteiger partial charge in [-0.05, 0) is 43.0 Å². The average molecular weight is 273 g/mol. The van der Waals surface area contributed by atoms with E-state index < -0.39 is 11.7 Å². The third kappa shape index (κ3) is 5.23. The van der Waals surface area contributed by atoms with Gasteiger partial charge in [-0.2, -0.15) is 13.2 Å². The maximum Gasteiger partial charge on any atom is 0.416 e. The Labute approximate surface area is 113 Å². The standard InChI is InChI=1S/C15H22F3N/c1-11(2)10-19-9-8-12(3)13-6-4-5-7-14(13)15(16,17)18/h4-7,11-12,19H,8-10H2,1-3H3. The summed E-state index contributed by atoms with van der Waals surface area (Å²) in [5.41, 5.74) is -0.118. The van der Waals surface area contributed by atoms with Gasteiger partial charge in [-0.25, -0.2) is 0 Å². The fraction of sp³-hybridized carbons (Fsp3) is 0.600. The van der Waals surface area contributed by atoms with Crippen molar-refractivity contribution in [3.05, 3.63) is 35.4 Å². The Balaban J connectivity index is 2.64. The molecule has 0 aliphatic carbocycles. The Morgan fingerprint density at radius 2 is 1.74 bits per heavy atom. The highest BCUT2D eigenvalue weighted by molar-refractivity contribution is 5.32. The van der Waals surface area contributed by atoms with Gasteiger partial charge >= 0.3 is 6.18 Å². The van der Waals surface area contributed by atoms with E-state index in [-0.39, 0.29) is 5.92 Å². The zero-order chi connectivity index (χ0) is 14.5. The molecule has 0 amide bonds. The molecule has 0 fully saturated rings. The average Bonchev–Trinajstić information content (AvgIpc) is 2.33. The maximum absolute atomic E-state index is 12.9. The van der Waals surface area contributed by atoms with Crippen molar-refractivity contribution in [2.24, 2.45) is 5.92 Å². The first-order chi connectivity index (χ1) is 8.82. The lowest BCUT2D eigenvalue weighted by molar-refractivity contribution is -0.138. The summed E-state index contributed by atoms with van der Waals surface area (Å²) < 4.78 is 38.7. The Morgan fingerprint density at radius 3 is 2.32 bits per heavy atom. The molecule has 4 heteroatoms. The molecule has 0 spiro atoms. The lowest BCUT2D eigenvalue weighted by Crippen LogP contribution is -2.22. The van der Waals surface area contributed by atoms with Gasteiger partial charge in [0.05, 0.1) is 5.56 Å². The van der Waals surface area contributed by atoms with Gasteiger partial charge in [0.15, 0.2) is 0 Å². The van der Waals surface area contributed by atoms with Gasteiger partial charge in [0.2, 0.25) is 0 Å². The molecule has 1 nitrogen and oxygen atoms in total. The number of hydrogen-bond donors (Lipinski definition) is 1. The van der Waals surface area contributed by atoms with Crippen LogP contribution in [-0.4, -0.2) is 13.1 Å². The molecule has 0 aromatic heterocycles. The molecule has 0 aliphatic heterocycles. The molecular formula is C15H22F3N. The van der Waals surface area contributed by atoms with Gasteiger partial charge in [-0.15, -0.1) is 0 Å². The summed E-state index contributed by atoms with van der Waals surface area (Å²) in [7, 11) is 0. The molecule has 108 valence electrons. The molecule has 19 heavy (non-hydrogen) atoms. The molecule has 1 N–H and O–H groups in total. The third-order valence-electron chi connectivity index (χ3n) is 3.10. The summed E-state index contributed by atoms with van der Waals surface area (Å²) in [5.74, 6) is 0.454. The number of alkyl halides is 3. The Morgan fingerprint density at radius 1 is 1.11 bits per heavy atom. The maximum atomic E-state index is 12.9. The second-order valence-electron chi connectivity index (χ2n) is 5.37. The van der Waals surface area contributed by atoms with E-state index in [0.717, 1.165) is 19.2 Å². The molecular weight excluding hydrogens is 251 g/mol. The van der Waals surface area contributed by atoms with Crippen LogP contribution in [0.3, 0.4) is 0 Å². The summed E-state index contributed by atoms with van der Waals surface area (Å²) in [5, 5.41) is 3.26. The van der Waals surface area contributed by atoms with Crippen LogP contribution in [-0.2, 0) is 6.18 Å². The Kier molecular flexibility index (Phi) is 5.85. The van der Waals surface area contributed by atoms with Crippen LogP contribution in [0.1, 0.15) is 44.2 Å². The number of benzene rings is 1. The topological polar surface area (TPSA) is 12.0 Å². The van der Waals surface area contributed by atoms with Crippen molar-refractivity contribution in [2.45, 2.75) is 39.3 Å². The molecule has 1 aromatic carbocycles. The highest BCUT2D eigenvalue weighted by atomic mass is 19.4. The summed E-state index contributed by atoms with van der Waals surface area (Å²) in [4.78, 5) is 0. The highest BCUT2D eigenvalue weighted by Crippen LogP contribution is 2.35. The van der Waals surface area contributed by atoms with E-state index in [9.17, 15) is 13.2 Å². The molecule has 0 bridgehead atoms. The van der Waals surface area contributed by atoms with Gasteiger partial charge < -0.3 is 5.32 Å². The van der Waals surface area contributed by atoms with E-state index in [1.807, 2.05) is 6.92 Å². The van der Waals surface area contributed by atoms with E-state index in [0.29, 0.717) is 17.9 Å². The SMILES string of the molecule is CC(C)CNCCC(C)c1ccccc1C(F)(F)F. The van der Waals surface area contributed by atoms with Crippen molar-refractivity contribution in [3.63, 3.8) is 0 Å². The van der Waals surface area contributed by atoms with Crippen LogP contribution in [0.4, 0.5) is 13.2 Å². The highest BCUT2D eigenvalue weighted by Gasteiger charge is 2.33. The molecule has 1 rings (SSSR count). The number of halogens is 3. The minimum Gasteiger partial charge on any atom is -0.316 e. The van der Waals surface area contributed by atoms with E-state index >= 15 is 0 Å². The molecule has 0 radical (unpaired) electrons. The van der Waals surface area contributed by atoms with Crippen LogP contribution in [0.25, 0.3) is 0 Å². The van der Waals surface area contributed by atoms with E-state index in [4.69, 9.17) is 0 Å². The molecule has 0 saturated carbocycles. The van der Waals surface area contributed by atoms with Crippen LogP contribution in [0.5, 0.6) is 0 Å². The predicted molar refractivity (Wildman–Crippen MR) is 72.2 cm³/mol. The zero-order valence-corrected chi connectivity index (χ0v) is 11.7. The molecule has 0 heterocycles. The van der Waals surface area contributed by atoms with Gasteiger partial charge in [-0.1, -0.05) is 39.0 Å². The molecule has 1 aromatic rings. The van der Waals surface area contributed by atoms with Gasteiger partial charge in [-0.3, -0.25) is 0 Å². The van der Waals surface area contributed by atoms with Crippen molar-refractivity contribution in [2.75, 3.05) is 13.1 Å². The minimum atomic E-state index is -4.27. The quantitative estimate of drug-likeness (QED) is 0.755. The summed E-state index contributed by atoms with van der Waals surface area (Å²) >= 11 is 0. The minimum absolute atomic E-state index is 0.0995. The van der Waals surface area contributed by atoms with Crippen molar-refractivity contribution in [1.82, 2.24) is 5.32 Å². The lowest BCUT2D eigenvalue weighted by Gasteiger charge is -2.18. The van der Waals surface area contributed by atoms with Crippen molar-refractivity contribution in [3.8, 4) is 0 Å².